The zero-order valence-electron chi connectivity index (χ0n) is 14.5. The Balaban J connectivity index is 1.58. The normalized spacial score (nSPS) is 25.0. The minimum absolute atomic E-state index is 0.105. The van der Waals surface area contributed by atoms with E-state index in [1.165, 1.54) is 16.9 Å². The summed E-state index contributed by atoms with van der Waals surface area (Å²) in [6, 6.07) is 7.45. The first-order valence-electron chi connectivity index (χ1n) is 8.84. The summed E-state index contributed by atoms with van der Waals surface area (Å²) in [5.41, 5.74) is 0.418. The van der Waals surface area contributed by atoms with Crippen molar-refractivity contribution in [2.45, 2.75) is 51.5 Å². The minimum Gasteiger partial charge on any atom is -0.492 e. The summed E-state index contributed by atoms with van der Waals surface area (Å²) in [7, 11) is 0. The fourth-order valence-electron chi connectivity index (χ4n) is 3.76. The number of carbonyl (C=O) groups is 2. The first kappa shape index (κ1) is 16.8. The van der Waals surface area contributed by atoms with Crippen LogP contribution in [-0.2, 0) is 4.79 Å². The molecule has 3 rings (SSSR count). The zero-order chi connectivity index (χ0) is 17.2. The van der Waals surface area contributed by atoms with E-state index in [-0.39, 0.29) is 24.4 Å². The summed E-state index contributed by atoms with van der Waals surface area (Å²) in [6.45, 7) is 4.48. The molecular formula is C19H26N2O3. The van der Waals surface area contributed by atoms with Crippen LogP contribution in [0.15, 0.2) is 24.3 Å². The van der Waals surface area contributed by atoms with E-state index in [0.29, 0.717) is 6.61 Å². The van der Waals surface area contributed by atoms with Crippen LogP contribution in [0.3, 0.4) is 0 Å². The molecule has 1 saturated heterocycles. The highest BCUT2D eigenvalue weighted by atomic mass is 16.5. The molecule has 130 valence electrons. The Morgan fingerprint density at radius 3 is 2.50 bits per heavy atom. The van der Waals surface area contributed by atoms with Crippen molar-refractivity contribution in [1.29, 1.82) is 0 Å². The fourth-order valence-corrected chi connectivity index (χ4v) is 3.76. The molecule has 1 N–H and O–H groups in total. The predicted octanol–water partition coefficient (Wildman–Crippen LogP) is 3.26. The van der Waals surface area contributed by atoms with E-state index in [1.54, 1.807) is 0 Å². The van der Waals surface area contributed by atoms with E-state index < -0.39 is 5.54 Å². The predicted molar refractivity (Wildman–Crippen MR) is 91.9 cm³/mol. The Kier molecular flexibility index (Phi) is 4.78. The maximum Gasteiger partial charge on any atom is 0.325 e. The van der Waals surface area contributed by atoms with Crippen LogP contribution in [0, 0.1) is 12.8 Å². The average molecular weight is 330 g/mol. The molecule has 1 aliphatic carbocycles. The van der Waals surface area contributed by atoms with Crippen LogP contribution in [0.25, 0.3) is 0 Å². The van der Waals surface area contributed by atoms with Crippen LogP contribution < -0.4 is 10.1 Å². The first-order chi connectivity index (χ1) is 11.5. The van der Waals surface area contributed by atoms with Gasteiger partial charge in [-0.05, 0) is 44.7 Å². The number of amides is 3. The second-order valence-corrected chi connectivity index (χ2v) is 7.09. The zero-order valence-corrected chi connectivity index (χ0v) is 14.5. The Hall–Kier alpha value is -2.04. The van der Waals surface area contributed by atoms with Crippen molar-refractivity contribution in [3.63, 3.8) is 0 Å². The average Bonchev–Trinajstić information content (AvgIpc) is 2.81. The molecule has 0 unspecified atom stereocenters. The first-order valence-corrected chi connectivity index (χ1v) is 8.84. The summed E-state index contributed by atoms with van der Waals surface area (Å²) in [4.78, 5) is 26.4. The van der Waals surface area contributed by atoms with Crippen molar-refractivity contribution in [2.75, 3.05) is 13.2 Å². The highest BCUT2D eigenvalue weighted by Gasteiger charge is 2.52. The SMILES string of the molecule is Cc1ccc(OCCN2C(=O)N[C@](C)(C3CCCCC3)C2=O)cc1. The molecule has 0 bridgehead atoms. The number of nitrogens with zero attached hydrogens (tertiary/aromatic N) is 1. The van der Waals surface area contributed by atoms with Gasteiger partial charge in [0, 0.05) is 0 Å². The summed E-state index contributed by atoms with van der Waals surface area (Å²) in [5, 5.41) is 2.94. The molecule has 1 saturated carbocycles. The topological polar surface area (TPSA) is 58.6 Å². The molecule has 5 nitrogen and oxygen atoms in total. The van der Waals surface area contributed by atoms with Gasteiger partial charge in [0.05, 0.1) is 6.54 Å². The number of carbonyl (C=O) groups excluding carboxylic acids is 2. The van der Waals surface area contributed by atoms with Gasteiger partial charge in [-0.15, -0.1) is 0 Å². The van der Waals surface area contributed by atoms with Gasteiger partial charge in [0.1, 0.15) is 17.9 Å². The molecule has 2 aliphatic rings. The van der Waals surface area contributed by atoms with E-state index >= 15 is 0 Å². The number of aryl methyl sites for hydroxylation is 1. The van der Waals surface area contributed by atoms with Crippen LogP contribution in [0.5, 0.6) is 5.75 Å². The van der Waals surface area contributed by atoms with Gasteiger partial charge in [-0.3, -0.25) is 9.69 Å². The van der Waals surface area contributed by atoms with Gasteiger partial charge in [0.15, 0.2) is 0 Å². The summed E-state index contributed by atoms with van der Waals surface area (Å²) in [6.07, 6.45) is 5.52. The second-order valence-electron chi connectivity index (χ2n) is 7.09. The third kappa shape index (κ3) is 3.25. The third-order valence-electron chi connectivity index (χ3n) is 5.33. The maximum absolute atomic E-state index is 12.8. The molecule has 0 spiro atoms. The van der Waals surface area contributed by atoms with E-state index in [2.05, 4.69) is 5.32 Å². The number of ether oxygens (including phenoxy) is 1. The molecule has 1 aromatic rings. The molecule has 1 atom stereocenters. The van der Waals surface area contributed by atoms with Gasteiger partial charge in [-0.1, -0.05) is 37.0 Å². The van der Waals surface area contributed by atoms with Gasteiger partial charge < -0.3 is 10.1 Å². The van der Waals surface area contributed by atoms with Crippen molar-refractivity contribution in [1.82, 2.24) is 10.2 Å². The van der Waals surface area contributed by atoms with Crippen molar-refractivity contribution < 1.29 is 14.3 Å². The monoisotopic (exact) mass is 330 g/mol. The molecular weight excluding hydrogens is 304 g/mol. The molecule has 0 aromatic heterocycles. The molecule has 3 amide bonds. The Bertz CT molecular complexity index is 608. The van der Waals surface area contributed by atoms with Crippen molar-refractivity contribution in [2.24, 2.45) is 5.92 Å². The number of hydrogen-bond acceptors (Lipinski definition) is 3. The molecule has 5 heteroatoms. The van der Waals surface area contributed by atoms with Gasteiger partial charge in [0.2, 0.25) is 0 Å². The minimum atomic E-state index is -0.749. The number of rotatable bonds is 5. The summed E-state index contributed by atoms with van der Waals surface area (Å²) >= 11 is 0. The van der Waals surface area contributed by atoms with E-state index in [4.69, 9.17) is 4.74 Å². The van der Waals surface area contributed by atoms with Gasteiger partial charge in [-0.25, -0.2) is 4.79 Å². The lowest BCUT2D eigenvalue weighted by molar-refractivity contribution is -0.133. The third-order valence-corrected chi connectivity index (χ3v) is 5.33. The lowest BCUT2D eigenvalue weighted by Crippen LogP contribution is -2.51. The van der Waals surface area contributed by atoms with Crippen LogP contribution >= 0.6 is 0 Å². The van der Waals surface area contributed by atoms with Crippen LogP contribution in [0.1, 0.15) is 44.6 Å². The van der Waals surface area contributed by atoms with Crippen LogP contribution in [0.4, 0.5) is 4.79 Å². The number of nitrogens with one attached hydrogen (secondary N) is 1. The number of imide groups is 1. The van der Waals surface area contributed by atoms with Crippen LogP contribution in [0.2, 0.25) is 0 Å². The Morgan fingerprint density at radius 2 is 1.83 bits per heavy atom. The van der Waals surface area contributed by atoms with Crippen molar-refractivity contribution >= 4 is 11.9 Å². The summed E-state index contributed by atoms with van der Waals surface area (Å²) in [5.74, 6) is 0.889. The molecule has 1 heterocycles. The van der Waals surface area contributed by atoms with Crippen LogP contribution in [-0.4, -0.2) is 35.5 Å². The highest BCUT2D eigenvalue weighted by molar-refractivity contribution is 6.07. The Morgan fingerprint density at radius 1 is 1.17 bits per heavy atom. The maximum atomic E-state index is 12.8. The Labute approximate surface area is 143 Å². The van der Waals surface area contributed by atoms with Gasteiger partial charge in [-0.2, -0.15) is 0 Å². The highest BCUT2D eigenvalue weighted by Crippen LogP contribution is 2.36. The number of urea groups is 1. The summed E-state index contributed by atoms with van der Waals surface area (Å²) < 4.78 is 5.66. The quantitative estimate of drug-likeness (QED) is 0.843. The van der Waals surface area contributed by atoms with Gasteiger partial charge >= 0.3 is 6.03 Å². The van der Waals surface area contributed by atoms with E-state index in [1.807, 2.05) is 38.1 Å². The molecule has 1 aliphatic heterocycles. The second kappa shape index (κ2) is 6.83. The smallest absolute Gasteiger partial charge is 0.325 e. The standard InChI is InChI=1S/C19H26N2O3/c1-14-8-10-16(11-9-14)24-13-12-21-17(22)19(2,20-18(21)23)15-6-4-3-5-7-15/h8-11,15H,3-7,12-13H2,1-2H3,(H,20,23)/t19-/m1/s1. The molecule has 2 fully saturated rings. The molecule has 1 aromatic carbocycles. The lowest BCUT2D eigenvalue weighted by Gasteiger charge is -2.34. The number of hydrogen-bond donors (Lipinski definition) is 1. The lowest BCUT2D eigenvalue weighted by atomic mass is 9.75. The molecule has 0 radical (unpaired) electrons. The largest absolute Gasteiger partial charge is 0.492 e. The van der Waals surface area contributed by atoms with E-state index in [9.17, 15) is 9.59 Å². The number of benzene rings is 1. The van der Waals surface area contributed by atoms with Crippen molar-refractivity contribution in [3.05, 3.63) is 29.8 Å². The van der Waals surface area contributed by atoms with Crippen molar-refractivity contribution in [3.8, 4) is 5.75 Å². The molecule has 24 heavy (non-hydrogen) atoms. The van der Waals surface area contributed by atoms with E-state index in [0.717, 1.165) is 31.4 Å². The fraction of sp³-hybridized carbons (Fsp3) is 0.579. The van der Waals surface area contributed by atoms with Gasteiger partial charge in [0.25, 0.3) is 5.91 Å².